The Morgan fingerprint density at radius 2 is 1.67 bits per heavy atom. The molecular formula is C10H11MoO. The van der Waals surface area contributed by atoms with Crippen molar-refractivity contribution in [2.45, 2.75) is 20.8 Å². The van der Waals surface area contributed by atoms with E-state index in [1.807, 2.05) is 45.8 Å². The zero-order valence-electron chi connectivity index (χ0n) is 7.47. The Bertz CT molecular complexity index is 306. The van der Waals surface area contributed by atoms with Crippen molar-refractivity contribution in [2.75, 3.05) is 0 Å². The molecule has 0 aliphatic heterocycles. The summed E-state index contributed by atoms with van der Waals surface area (Å²) >= 11 is 1.97. The molecule has 0 bridgehead atoms. The molecule has 0 saturated heterocycles. The van der Waals surface area contributed by atoms with Gasteiger partial charge in [0.15, 0.2) is 0 Å². The number of ketones is 1. The van der Waals surface area contributed by atoms with E-state index >= 15 is 0 Å². The zero-order valence-corrected chi connectivity index (χ0v) is 9.48. The molecule has 0 radical (unpaired) electrons. The van der Waals surface area contributed by atoms with Crippen molar-refractivity contribution in [3.63, 3.8) is 0 Å². The number of carbonyl (C=O) groups is 1. The van der Waals surface area contributed by atoms with Crippen LogP contribution in [0.4, 0.5) is 0 Å². The van der Waals surface area contributed by atoms with Crippen molar-refractivity contribution in [1.82, 2.24) is 0 Å². The second-order valence-electron chi connectivity index (χ2n) is 2.99. The van der Waals surface area contributed by atoms with Crippen LogP contribution in [0.1, 0.15) is 28.4 Å². The first kappa shape index (κ1) is 9.66. The first-order chi connectivity index (χ1) is 5.52. The molecule has 0 aliphatic carbocycles. The SMILES string of the molecule is CC(=O)c1c(C)c[c]([Mo])cc1C. The Morgan fingerprint density at radius 1 is 1.25 bits per heavy atom. The Morgan fingerprint density at radius 3 is 2.00 bits per heavy atom. The van der Waals surface area contributed by atoms with E-state index in [-0.39, 0.29) is 5.78 Å². The molecule has 1 aromatic carbocycles. The number of hydrogen-bond donors (Lipinski definition) is 0. The van der Waals surface area contributed by atoms with Crippen LogP contribution in [-0.2, 0) is 19.8 Å². The average molecular weight is 243 g/mol. The predicted molar refractivity (Wildman–Crippen MR) is 45.6 cm³/mol. The van der Waals surface area contributed by atoms with Crippen LogP contribution in [0.5, 0.6) is 0 Å². The van der Waals surface area contributed by atoms with Gasteiger partial charge in [0.2, 0.25) is 0 Å². The van der Waals surface area contributed by atoms with Crippen molar-refractivity contribution in [3.05, 3.63) is 28.8 Å². The van der Waals surface area contributed by atoms with Crippen molar-refractivity contribution in [1.29, 1.82) is 0 Å². The van der Waals surface area contributed by atoms with Crippen LogP contribution in [0.3, 0.4) is 0 Å². The van der Waals surface area contributed by atoms with E-state index in [4.69, 9.17) is 0 Å². The molecule has 0 saturated carbocycles. The molecule has 0 fully saturated rings. The average Bonchev–Trinajstić information content (AvgIpc) is 1.82. The minimum absolute atomic E-state index is 0.159. The number of aryl methyl sites for hydroxylation is 2. The molecule has 0 unspecified atom stereocenters. The Kier molecular flexibility index (Phi) is 2.84. The van der Waals surface area contributed by atoms with Gasteiger partial charge in [-0.15, -0.1) is 0 Å². The molecule has 2 heteroatoms. The number of carbonyl (C=O) groups excluding carboxylic acids is 1. The van der Waals surface area contributed by atoms with Gasteiger partial charge in [0.05, 0.1) is 0 Å². The summed E-state index contributed by atoms with van der Waals surface area (Å²) in [6.07, 6.45) is 0. The third-order valence-corrected chi connectivity index (χ3v) is 2.44. The summed E-state index contributed by atoms with van der Waals surface area (Å²) in [4.78, 5) is 11.2. The van der Waals surface area contributed by atoms with Crippen molar-refractivity contribution >= 4 is 9.74 Å². The first-order valence-corrected chi connectivity index (χ1v) is 4.82. The van der Waals surface area contributed by atoms with Gasteiger partial charge in [-0.1, -0.05) is 0 Å². The van der Waals surface area contributed by atoms with Crippen molar-refractivity contribution in [3.8, 4) is 0 Å². The molecular weight excluding hydrogens is 232 g/mol. The van der Waals surface area contributed by atoms with E-state index in [2.05, 4.69) is 0 Å². The van der Waals surface area contributed by atoms with Gasteiger partial charge in [-0.05, 0) is 0 Å². The van der Waals surface area contributed by atoms with Crippen LogP contribution in [0.15, 0.2) is 12.1 Å². The maximum atomic E-state index is 11.2. The Labute approximate surface area is 84.1 Å². The van der Waals surface area contributed by atoms with Crippen molar-refractivity contribution in [2.24, 2.45) is 0 Å². The molecule has 0 amide bonds. The summed E-state index contributed by atoms with van der Waals surface area (Å²) in [6.45, 7) is 5.59. The number of Topliss-reactive ketones (excluding diaryl/α,β-unsaturated/α-hetero) is 1. The summed E-state index contributed by atoms with van der Waals surface area (Å²) in [5.41, 5.74) is 3.05. The number of rotatable bonds is 1. The van der Waals surface area contributed by atoms with E-state index in [1.54, 1.807) is 6.92 Å². The fraction of sp³-hybridized carbons (Fsp3) is 0.300. The molecule has 1 nitrogen and oxygen atoms in total. The van der Waals surface area contributed by atoms with Gasteiger partial charge in [-0.25, -0.2) is 0 Å². The third kappa shape index (κ3) is 1.84. The standard InChI is InChI=1S/C10H11O.Mo/c1-7-5-4-6-8(2)10(7)9(3)11;/h5-6H,1-3H3;. The molecule has 1 rings (SSSR count). The second-order valence-corrected chi connectivity index (χ2v) is 4.15. The summed E-state index contributed by atoms with van der Waals surface area (Å²) < 4.78 is 1.23. The topological polar surface area (TPSA) is 17.1 Å². The van der Waals surface area contributed by atoms with E-state index < -0.39 is 0 Å². The Balaban J connectivity index is 3.38. The first-order valence-electron chi connectivity index (χ1n) is 3.81. The molecule has 0 aliphatic rings. The molecule has 1 aromatic rings. The van der Waals surface area contributed by atoms with Gasteiger partial charge in [0, 0.05) is 0 Å². The molecule has 0 spiro atoms. The van der Waals surface area contributed by atoms with E-state index in [0.717, 1.165) is 16.7 Å². The van der Waals surface area contributed by atoms with Crippen LogP contribution < -0.4 is 3.95 Å². The molecule has 12 heavy (non-hydrogen) atoms. The fourth-order valence-corrected chi connectivity index (χ4v) is 2.35. The summed E-state index contributed by atoms with van der Waals surface area (Å²) in [6, 6.07) is 4.10. The van der Waals surface area contributed by atoms with Crippen LogP contribution in [-0.4, -0.2) is 5.78 Å². The monoisotopic (exact) mass is 245 g/mol. The van der Waals surface area contributed by atoms with Gasteiger partial charge in [0.1, 0.15) is 0 Å². The van der Waals surface area contributed by atoms with Crippen LogP contribution in [0.25, 0.3) is 0 Å². The third-order valence-electron chi connectivity index (χ3n) is 1.86. The predicted octanol–water partition coefficient (Wildman–Crippen LogP) is 1.68. The molecule has 63 valence electrons. The normalized spacial score (nSPS) is 9.92. The molecule has 0 aromatic heterocycles. The van der Waals surface area contributed by atoms with Crippen molar-refractivity contribution < 1.29 is 24.6 Å². The quantitative estimate of drug-likeness (QED) is 0.541. The van der Waals surface area contributed by atoms with Gasteiger partial charge in [0.25, 0.3) is 0 Å². The molecule has 0 atom stereocenters. The Hall–Kier alpha value is -0.422. The number of benzene rings is 1. The van der Waals surface area contributed by atoms with Gasteiger partial charge in [-0.2, -0.15) is 0 Å². The maximum absolute atomic E-state index is 11.2. The molecule has 0 heterocycles. The minimum atomic E-state index is 0.159. The van der Waals surface area contributed by atoms with Crippen LogP contribution in [0, 0.1) is 13.8 Å². The van der Waals surface area contributed by atoms with Gasteiger partial charge >= 0.3 is 83.9 Å². The fourth-order valence-electron chi connectivity index (χ4n) is 1.48. The van der Waals surface area contributed by atoms with E-state index in [1.165, 1.54) is 3.95 Å². The zero-order chi connectivity index (χ0) is 9.30. The summed E-state index contributed by atoms with van der Waals surface area (Å²) in [5.74, 6) is 0.159. The van der Waals surface area contributed by atoms with Gasteiger partial charge < -0.3 is 0 Å². The summed E-state index contributed by atoms with van der Waals surface area (Å²) in [5, 5.41) is 0. The van der Waals surface area contributed by atoms with Crippen LogP contribution in [0.2, 0.25) is 0 Å². The van der Waals surface area contributed by atoms with E-state index in [9.17, 15) is 4.79 Å². The second kappa shape index (κ2) is 3.53. The van der Waals surface area contributed by atoms with E-state index in [0.29, 0.717) is 0 Å². The number of hydrogen-bond acceptors (Lipinski definition) is 1. The molecule has 0 N–H and O–H groups in total. The van der Waals surface area contributed by atoms with Gasteiger partial charge in [-0.3, -0.25) is 0 Å². The summed E-state index contributed by atoms with van der Waals surface area (Å²) in [7, 11) is 0. The van der Waals surface area contributed by atoms with Crippen LogP contribution >= 0.6 is 0 Å².